The van der Waals surface area contributed by atoms with Crippen molar-refractivity contribution < 1.29 is 8.42 Å². The number of rotatable bonds is 4. The molecule has 90 valence electrons. The van der Waals surface area contributed by atoms with E-state index in [4.69, 9.17) is 0 Å². The molecule has 2 heterocycles. The normalized spacial score (nSPS) is 18.4. The average Bonchev–Trinajstić information content (AvgIpc) is 2.89. The predicted molar refractivity (Wildman–Crippen MR) is 59.8 cm³/mol. The van der Waals surface area contributed by atoms with Gasteiger partial charge in [0, 0.05) is 32.5 Å². The van der Waals surface area contributed by atoms with Crippen LogP contribution in [0.3, 0.4) is 0 Å². The fourth-order valence-electron chi connectivity index (χ4n) is 1.79. The number of imidazole rings is 1. The molecule has 0 spiro atoms. The highest BCUT2D eigenvalue weighted by Crippen LogP contribution is 2.16. The van der Waals surface area contributed by atoms with Gasteiger partial charge in [-0.05, 0) is 12.8 Å². The van der Waals surface area contributed by atoms with Gasteiger partial charge in [-0.2, -0.15) is 17.0 Å². The van der Waals surface area contributed by atoms with E-state index in [0.29, 0.717) is 18.9 Å². The predicted octanol–water partition coefficient (Wildman–Crippen LogP) is 0.182. The summed E-state index contributed by atoms with van der Waals surface area (Å²) >= 11 is 0. The molecule has 0 saturated carbocycles. The third kappa shape index (κ3) is 2.26. The fraction of sp³-hybridized carbons (Fsp3) is 0.667. The van der Waals surface area contributed by atoms with Crippen LogP contribution in [0.4, 0.5) is 0 Å². The van der Waals surface area contributed by atoms with Gasteiger partial charge in [-0.15, -0.1) is 0 Å². The Kier molecular flexibility index (Phi) is 3.27. The minimum Gasteiger partial charge on any atom is -0.347 e. The van der Waals surface area contributed by atoms with E-state index in [-0.39, 0.29) is 6.54 Å². The van der Waals surface area contributed by atoms with Crippen LogP contribution in [0.5, 0.6) is 0 Å². The summed E-state index contributed by atoms with van der Waals surface area (Å²) in [4.78, 5) is 6.91. The molecule has 6 nitrogen and oxygen atoms in total. The zero-order chi connectivity index (χ0) is 11.6. The monoisotopic (exact) mass is 244 g/mol. The van der Waals surface area contributed by atoms with Gasteiger partial charge in [0.1, 0.15) is 5.82 Å². The van der Waals surface area contributed by atoms with Gasteiger partial charge in [0.05, 0.1) is 6.54 Å². The molecule has 0 radical (unpaired) electrons. The lowest BCUT2D eigenvalue weighted by Gasteiger charge is -2.22. The number of nitrogens with zero attached hydrogens (tertiary/aromatic N) is 3. The molecule has 0 aromatic carbocycles. The molecule has 0 atom stereocenters. The largest absolute Gasteiger partial charge is 0.347 e. The summed E-state index contributed by atoms with van der Waals surface area (Å²) in [6.07, 6.45) is 5.21. The van der Waals surface area contributed by atoms with E-state index in [1.165, 1.54) is 8.61 Å². The molecular formula is C9H16N4O2S. The molecule has 1 aromatic rings. The van der Waals surface area contributed by atoms with Gasteiger partial charge in [-0.1, -0.05) is 0 Å². The number of hydrogen-bond acceptors (Lipinski definition) is 3. The maximum absolute atomic E-state index is 12.1. The first-order valence-electron chi connectivity index (χ1n) is 5.30. The lowest BCUT2D eigenvalue weighted by Crippen LogP contribution is -2.40. The van der Waals surface area contributed by atoms with Gasteiger partial charge in [0.2, 0.25) is 0 Å². The molecule has 1 N–H and O–H groups in total. The summed E-state index contributed by atoms with van der Waals surface area (Å²) in [6.45, 7) is 1.54. The summed E-state index contributed by atoms with van der Waals surface area (Å²) in [5.74, 6) is 0.658. The maximum atomic E-state index is 12.1. The van der Waals surface area contributed by atoms with Crippen LogP contribution in [-0.2, 0) is 16.8 Å². The van der Waals surface area contributed by atoms with Crippen LogP contribution in [0.15, 0.2) is 12.4 Å². The van der Waals surface area contributed by atoms with E-state index in [1.807, 2.05) is 0 Å². The molecule has 0 amide bonds. The smallest absolute Gasteiger partial charge is 0.282 e. The van der Waals surface area contributed by atoms with E-state index in [0.717, 1.165) is 12.8 Å². The number of aromatic nitrogens is 2. The second-order valence-electron chi connectivity index (χ2n) is 3.91. The van der Waals surface area contributed by atoms with Crippen molar-refractivity contribution in [2.45, 2.75) is 19.4 Å². The molecule has 1 fully saturated rings. The maximum Gasteiger partial charge on any atom is 0.282 e. The van der Waals surface area contributed by atoms with Gasteiger partial charge in [0.15, 0.2) is 0 Å². The molecule has 0 aliphatic carbocycles. The molecule has 0 unspecified atom stereocenters. The van der Waals surface area contributed by atoms with E-state index in [9.17, 15) is 8.42 Å². The zero-order valence-electron chi connectivity index (χ0n) is 9.26. The number of hydrogen-bond donors (Lipinski definition) is 1. The van der Waals surface area contributed by atoms with Crippen LogP contribution in [0.2, 0.25) is 0 Å². The first kappa shape index (κ1) is 11.6. The zero-order valence-corrected chi connectivity index (χ0v) is 10.1. The minimum atomic E-state index is -3.31. The Hall–Kier alpha value is -0.920. The fourth-order valence-corrected chi connectivity index (χ4v) is 3.19. The van der Waals surface area contributed by atoms with Gasteiger partial charge < -0.3 is 4.98 Å². The molecule has 7 heteroatoms. The van der Waals surface area contributed by atoms with Crippen LogP contribution >= 0.6 is 0 Å². The Bertz CT molecular complexity index is 422. The van der Waals surface area contributed by atoms with Crippen LogP contribution in [0.1, 0.15) is 18.7 Å². The third-order valence-electron chi connectivity index (χ3n) is 2.71. The SMILES string of the molecule is CN(Cc1ncc[nH]1)S(=O)(=O)N1CCCC1. The molecule has 0 bridgehead atoms. The summed E-state index contributed by atoms with van der Waals surface area (Å²) in [5, 5.41) is 0. The molecule has 16 heavy (non-hydrogen) atoms. The highest BCUT2D eigenvalue weighted by Gasteiger charge is 2.29. The van der Waals surface area contributed by atoms with Crippen LogP contribution in [0, 0.1) is 0 Å². The summed E-state index contributed by atoms with van der Waals surface area (Å²) < 4.78 is 27.0. The van der Waals surface area contributed by atoms with Gasteiger partial charge in [-0.25, -0.2) is 4.98 Å². The highest BCUT2D eigenvalue weighted by atomic mass is 32.2. The van der Waals surface area contributed by atoms with Crippen molar-refractivity contribution in [2.75, 3.05) is 20.1 Å². The lowest BCUT2D eigenvalue weighted by atomic mass is 10.4. The first-order chi connectivity index (χ1) is 7.60. The van der Waals surface area contributed by atoms with Crippen molar-refractivity contribution in [1.82, 2.24) is 18.6 Å². The quantitative estimate of drug-likeness (QED) is 0.821. The summed E-state index contributed by atoms with van der Waals surface area (Å²) in [7, 11) is -1.73. The topological polar surface area (TPSA) is 69.3 Å². The van der Waals surface area contributed by atoms with E-state index in [1.54, 1.807) is 19.4 Å². The van der Waals surface area contributed by atoms with Crippen molar-refractivity contribution in [3.05, 3.63) is 18.2 Å². The third-order valence-corrected chi connectivity index (χ3v) is 4.65. The van der Waals surface area contributed by atoms with Crippen molar-refractivity contribution in [1.29, 1.82) is 0 Å². The van der Waals surface area contributed by atoms with Gasteiger partial charge >= 0.3 is 0 Å². The Labute approximate surface area is 95.5 Å². The molecule has 1 aliphatic heterocycles. The van der Waals surface area contributed by atoms with Crippen molar-refractivity contribution in [2.24, 2.45) is 0 Å². The van der Waals surface area contributed by atoms with Crippen molar-refractivity contribution in [3.8, 4) is 0 Å². The van der Waals surface area contributed by atoms with Crippen molar-refractivity contribution >= 4 is 10.2 Å². The molecular weight excluding hydrogens is 228 g/mol. The number of H-pyrrole nitrogens is 1. The molecule has 1 saturated heterocycles. The Morgan fingerprint density at radius 3 is 2.75 bits per heavy atom. The Morgan fingerprint density at radius 2 is 2.19 bits per heavy atom. The Balaban J connectivity index is 2.05. The second kappa shape index (κ2) is 4.52. The standard InChI is InChI=1S/C9H16N4O2S/c1-12(8-9-10-4-5-11-9)16(14,15)13-6-2-3-7-13/h4-5H,2-3,6-8H2,1H3,(H,10,11). The average molecular weight is 244 g/mol. The lowest BCUT2D eigenvalue weighted by molar-refractivity contribution is 0.387. The minimum absolute atomic E-state index is 0.284. The van der Waals surface area contributed by atoms with Gasteiger partial charge in [0.25, 0.3) is 10.2 Å². The number of nitrogens with one attached hydrogen (secondary N) is 1. The van der Waals surface area contributed by atoms with E-state index < -0.39 is 10.2 Å². The first-order valence-corrected chi connectivity index (χ1v) is 6.70. The molecule has 1 aliphatic rings. The molecule has 2 rings (SSSR count). The van der Waals surface area contributed by atoms with Crippen LogP contribution in [-0.4, -0.2) is 47.1 Å². The number of aromatic amines is 1. The molecule has 1 aromatic heterocycles. The highest BCUT2D eigenvalue weighted by molar-refractivity contribution is 7.86. The van der Waals surface area contributed by atoms with Crippen molar-refractivity contribution in [3.63, 3.8) is 0 Å². The van der Waals surface area contributed by atoms with E-state index in [2.05, 4.69) is 9.97 Å². The summed E-state index contributed by atoms with van der Waals surface area (Å²) in [5.41, 5.74) is 0. The summed E-state index contributed by atoms with van der Waals surface area (Å²) in [6, 6.07) is 0. The van der Waals surface area contributed by atoms with Crippen LogP contribution in [0.25, 0.3) is 0 Å². The van der Waals surface area contributed by atoms with E-state index >= 15 is 0 Å². The van der Waals surface area contributed by atoms with Gasteiger partial charge in [-0.3, -0.25) is 0 Å². The second-order valence-corrected chi connectivity index (χ2v) is 5.94. The Morgan fingerprint density at radius 1 is 1.50 bits per heavy atom. The van der Waals surface area contributed by atoms with Crippen LogP contribution < -0.4 is 0 Å².